The van der Waals surface area contributed by atoms with E-state index in [-0.39, 0.29) is 5.97 Å². The van der Waals surface area contributed by atoms with Gasteiger partial charge in [0.15, 0.2) is 5.72 Å². The number of ether oxygens (including phenoxy) is 1. The van der Waals surface area contributed by atoms with E-state index in [0.29, 0.717) is 6.42 Å². The van der Waals surface area contributed by atoms with E-state index < -0.39 is 5.72 Å². The second-order valence-electron chi connectivity index (χ2n) is 2.26. The summed E-state index contributed by atoms with van der Waals surface area (Å²) in [5.74, 6) is -0.332. The Bertz CT molecular complexity index is 110. The highest BCUT2D eigenvalue weighted by atomic mass is 16.6. The Morgan fingerprint density at radius 2 is 2.22 bits per heavy atom. The quantitative estimate of drug-likeness (QED) is 0.442. The summed E-state index contributed by atoms with van der Waals surface area (Å²) < 4.78 is 4.73. The Balaban J connectivity index is 3.71. The molecule has 3 heteroatoms. The van der Waals surface area contributed by atoms with Gasteiger partial charge in [0.2, 0.25) is 0 Å². The lowest BCUT2D eigenvalue weighted by Crippen LogP contribution is -2.39. The topological polar surface area (TPSA) is 52.3 Å². The molecule has 0 aromatic rings. The Morgan fingerprint density at radius 3 is 2.33 bits per heavy atom. The van der Waals surface area contributed by atoms with Gasteiger partial charge in [0, 0.05) is 6.92 Å². The van der Waals surface area contributed by atoms with Crippen LogP contribution in [0.15, 0.2) is 0 Å². The fraction of sp³-hybridized carbons (Fsp3) is 0.833. The molecule has 1 unspecified atom stereocenters. The van der Waals surface area contributed by atoms with Crippen molar-refractivity contribution in [3.63, 3.8) is 0 Å². The average molecular weight is 131 g/mol. The van der Waals surface area contributed by atoms with Crippen molar-refractivity contribution < 1.29 is 9.53 Å². The molecule has 1 atom stereocenters. The molecule has 0 aliphatic heterocycles. The molecule has 0 saturated heterocycles. The minimum absolute atomic E-state index is 0.332. The molecule has 0 radical (unpaired) electrons. The fourth-order valence-electron chi connectivity index (χ4n) is 0.401. The number of hydrogen-bond donors (Lipinski definition) is 1. The van der Waals surface area contributed by atoms with Gasteiger partial charge in [-0.15, -0.1) is 0 Å². The van der Waals surface area contributed by atoms with Crippen LogP contribution in [0.3, 0.4) is 0 Å². The maximum atomic E-state index is 10.3. The van der Waals surface area contributed by atoms with E-state index in [1.54, 1.807) is 6.92 Å². The predicted molar refractivity (Wildman–Crippen MR) is 34.6 cm³/mol. The van der Waals surface area contributed by atoms with Crippen molar-refractivity contribution in [2.45, 2.75) is 32.9 Å². The fourth-order valence-corrected chi connectivity index (χ4v) is 0.401. The van der Waals surface area contributed by atoms with Crippen LogP contribution in [-0.2, 0) is 9.53 Å². The van der Waals surface area contributed by atoms with Gasteiger partial charge in [-0.1, -0.05) is 6.92 Å². The smallest absolute Gasteiger partial charge is 0.304 e. The molecule has 0 rings (SSSR count). The van der Waals surface area contributed by atoms with Crippen LogP contribution in [0.25, 0.3) is 0 Å². The normalized spacial score (nSPS) is 16.4. The van der Waals surface area contributed by atoms with Crippen LogP contribution in [0.5, 0.6) is 0 Å². The Morgan fingerprint density at radius 1 is 1.78 bits per heavy atom. The van der Waals surface area contributed by atoms with Crippen LogP contribution in [0.4, 0.5) is 0 Å². The molecule has 0 aromatic heterocycles. The molecule has 0 aromatic carbocycles. The largest absolute Gasteiger partial charge is 0.445 e. The predicted octanol–water partition coefficient (Wildman–Crippen LogP) is 0.634. The first kappa shape index (κ1) is 8.43. The van der Waals surface area contributed by atoms with Crippen molar-refractivity contribution in [1.82, 2.24) is 0 Å². The summed E-state index contributed by atoms with van der Waals surface area (Å²) in [6, 6.07) is 0. The highest BCUT2D eigenvalue weighted by Crippen LogP contribution is 2.05. The molecule has 2 N–H and O–H groups in total. The molecule has 0 spiro atoms. The minimum atomic E-state index is -0.786. The monoisotopic (exact) mass is 131 g/mol. The van der Waals surface area contributed by atoms with Crippen LogP contribution < -0.4 is 5.73 Å². The minimum Gasteiger partial charge on any atom is -0.445 e. The van der Waals surface area contributed by atoms with Gasteiger partial charge in [-0.25, -0.2) is 0 Å². The number of hydrogen-bond acceptors (Lipinski definition) is 3. The maximum Gasteiger partial charge on any atom is 0.304 e. The van der Waals surface area contributed by atoms with E-state index in [9.17, 15) is 4.79 Å². The van der Waals surface area contributed by atoms with E-state index in [4.69, 9.17) is 10.5 Å². The molecule has 54 valence electrons. The first-order valence-corrected chi connectivity index (χ1v) is 2.96. The summed E-state index contributed by atoms with van der Waals surface area (Å²) in [6.07, 6.45) is 0.632. The van der Waals surface area contributed by atoms with Crippen LogP contribution in [0.2, 0.25) is 0 Å². The summed E-state index contributed by atoms with van der Waals surface area (Å²) in [5.41, 5.74) is 4.69. The van der Waals surface area contributed by atoms with Gasteiger partial charge < -0.3 is 4.74 Å². The zero-order valence-electron chi connectivity index (χ0n) is 6.10. The lowest BCUT2D eigenvalue weighted by atomic mass is 10.2. The number of esters is 1. The van der Waals surface area contributed by atoms with Crippen molar-refractivity contribution in [3.8, 4) is 0 Å². The average Bonchev–Trinajstić information content (AvgIpc) is 1.63. The SMILES string of the molecule is CCC(C)(N)OC(C)=O. The number of carbonyl (C=O) groups excluding carboxylic acids is 1. The zero-order chi connectivity index (χ0) is 7.49. The van der Waals surface area contributed by atoms with Gasteiger partial charge in [0.05, 0.1) is 0 Å². The van der Waals surface area contributed by atoms with Crippen LogP contribution in [0.1, 0.15) is 27.2 Å². The van der Waals surface area contributed by atoms with Crippen molar-refractivity contribution in [3.05, 3.63) is 0 Å². The second-order valence-corrected chi connectivity index (χ2v) is 2.26. The standard InChI is InChI=1S/C6H13NO2/c1-4-6(3,7)9-5(2)8/h4,7H2,1-3H3. The Hall–Kier alpha value is -0.570. The van der Waals surface area contributed by atoms with Gasteiger partial charge in [-0.05, 0) is 13.3 Å². The summed E-state index contributed by atoms with van der Waals surface area (Å²) >= 11 is 0. The molecule has 0 aliphatic carbocycles. The molecular formula is C6H13NO2. The molecule has 3 nitrogen and oxygen atoms in total. The molecule has 0 heterocycles. The van der Waals surface area contributed by atoms with Crippen molar-refractivity contribution in [2.24, 2.45) is 5.73 Å². The molecule has 9 heavy (non-hydrogen) atoms. The highest BCUT2D eigenvalue weighted by Gasteiger charge is 2.17. The van der Waals surface area contributed by atoms with E-state index in [1.165, 1.54) is 6.92 Å². The summed E-state index contributed by atoms with van der Waals surface area (Å²) in [6.45, 7) is 4.89. The van der Waals surface area contributed by atoms with Gasteiger partial charge in [-0.2, -0.15) is 0 Å². The number of rotatable bonds is 2. The van der Waals surface area contributed by atoms with E-state index in [2.05, 4.69) is 0 Å². The first-order chi connectivity index (χ1) is 3.98. The lowest BCUT2D eigenvalue weighted by molar-refractivity contribution is -0.154. The molecule has 0 amide bonds. The zero-order valence-corrected chi connectivity index (χ0v) is 6.10. The van der Waals surface area contributed by atoms with Crippen LogP contribution in [0, 0.1) is 0 Å². The van der Waals surface area contributed by atoms with Crippen molar-refractivity contribution in [1.29, 1.82) is 0 Å². The third-order valence-corrected chi connectivity index (χ3v) is 1.08. The van der Waals surface area contributed by atoms with Crippen molar-refractivity contribution >= 4 is 5.97 Å². The van der Waals surface area contributed by atoms with Crippen LogP contribution >= 0.6 is 0 Å². The van der Waals surface area contributed by atoms with Gasteiger partial charge in [-0.3, -0.25) is 10.5 Å². The van der Waals surface area contributed by atoms with Crippen LogP contribution in [-0.4, -0.2) is 11.7 Å². The van der Waals surface area contributed by atoms with Gasteiger partial charge in [0.25, 0.3) is 0 Å². The highest BCUT2D eigenvalue weighted by molar-refractivity contribution is 5.66. The Labute approximate surface area is 55.2 Å². The van der Waals surface area contributed by atoms with Crippen molar-refractivity contribution in [2.75, 3.05) is 0 Å². The van der Waals surface area contributed by atoms with E-state index in [0.717, 1.165) is 0 Å². The molecule has 0 bridgehead atoms. The second kappa shape index (κ2) is 2.82. The maximum absolute atomic E-state index is 10.3. The Kier molecular flexibility index (Phi) is 2.65. The van der Waals surface area contributed by atoms with Gasteiger partial charge >= 0.3 is 5.97 Å². The molecule has 0 fully saturated rings. The lowest BCUT2D eigenvalue weighted by Gasteiger charge is -2.21. The van der Waals surface area contributed by atoms with E-state index in [1.807, 2.05) is 6.92 Å². The third-order valence-electron chi connectivity index (χ3n) is 1.08. The third kappa shape index (κ3) is 3.97. The summed E-state index contributed by atoms with van der Waals surface area (Å²) in [5, 5.41) is 0. The first-order valence-electron chi connectivity index (χ1n) is 2.96. The molecular weight excluding hydrogens is 118 g/mol. The van der Waals surface area contributed by atoms with E-state index >= 15 is 0 Å². The number of nitrogens with two attached hydrogens (primary N) is 1. The summed E-state index contributed by atoms with van der Waals surface area (Å²) in [7, 11) is 0. The molecule has 0 saturated carbocycles. The number of carbonyl (C=O) groups is 1. The summed E-state index contributed by atoms with van der Waals surface area (Å²) in [4.78, 5) is 10.3. The molecule has 0 aliphatic rings. The van der Waals surface area contributed by atoms with Gasteiger partial charge in [0.1, 0.15) is 0 Å².